The molecule has 5 nitrogen and oxygen atoms in total. The monoisotopic (exact) mass is 340 g/mol. The number of aryl methyl sites for hydroxylation is 2. The van der Waals surface area contributed by atoms with Crippen LogP contribution in [0.15, 0.2) is 36.4 Å². The molecular formula is C20H28N4O. The molecule has 0 saturated carbocycles. The number of aromatic nitrogens is 2. The standard InChI is InChI=1S/C20H28N4O/c1-16-12-17(2)24(21-16)11-9-22-8-10-23-19(13-22)14-25-15-20(23)18-6-4-3-5-7-18/h3-7,12,19-20H,8-11,13-15H2,1-2H3/t19-,20-/m1/s1. The molecule has 0 spiro atoms. The van der Waals surface area contributed by atoms with Gasteiger partial charge >= 0.3 is 0 Å². The molecule has 2 saturated heterocycles. The van der Waals surface area contributed by atoms with Gasteiger partial charge in [-0.05, 0) is 25.5 Å². The maximum atomic E-state index is 5.95. The molecule has 2 fully saturated rings. The summed E-state index contributed by atoms with van der Waals surface area (Å²) in [7, 11) is 0. The summed E-state index contributed by atoms with van der Waals surface area (Å²) in [5.41, 5.74) is 3.73. The van der Waals surface area contributed by atoms with Crippen LogP contribution >= 0.6 is 0 Å². The highest BCUT2D eigenvalue weighted by Crippen LogP contribution is 2.29. The van der Waals surface area contributed by atoms with E-state index in [1.807, 2.05) is 0 Å². The summed E-state index contributed by atoms with van der Waals surface area (Å²) < 4.78 is 8.08. The average molecular weight is 340 g/mol. The van der Waals surface area contributed by atoms with Crippen LogP contribution in [-0.2, 0) is 11.3 Å². The molecule has 1 aromatic carbocycles. The molecule has 2 aliphatic heterocycles. The van der Waals surface area contributed by atoms with Gasteiger partial charge in [0.15, 0.2) is 0 Å². The van der Waals surface area contributed by atoms with Gasteiger partial charge in [0.05, 0.1) is 31.5 Å². The number of rotatable bonds is 4. The highest BCUT2D eigenvalue weighted by Gasteiger charge is 2.36. The van der Waals surface area contributed by atoms with Gasteiger partial charge in [0.1, 0.15) is 0 Å². The Kier molecular flexibility index (Phi) is 4.88. The quantitative estimate of drug-likeness (QED) is 0.855. The molecule has 25 heavy (non-hydrogen) atoms. The zero-order chi connectivity index (χ0) is 17.2. The first kappa shape index (κ1) is 16.8. The minimum absolute atomic E-state index is 0.401. The first-order valence-electron chi connectivity index (χ1n) is 9.32. The SMILES string of the molecule is Cc1cc(C)n(CCN2CCN3[C@@H](COC[C@@H]3c3ccccc3)C2)n1. The van der Waals surface area contributed by atoms with Crippen molar-refractivity contribution >= 4 is 0 Å². The number of benzene rings is 1. The Morgan fingerprint density at radius 1 is 1.08 bits per heavy atom. The molecule has 2 atom stereocenters. The summed E-state index contributed by atoms with van der Waals surface area (Å²) in [5, 5.41) is 4.58. The minimum atomic E-state index is 0.401. The lowest BCUT2D eigenvalue weighted by atomic mass is 10.0. The Morgan fingerprint density at radius 2 is 1.92 bits per heavy atom. The van der Waals surface area contributed by atoms with Crippen LogP contribution in [0.5, 0.6) is 0 Å². The van der Waals surface area contributed by atoms with Gasteiger partial charge in [-0.15, -0.1) is 0 Å². The molecule has 0 radical (unpaired) electrons. The zero-order valence-corrected chi connectivity index (χ0v) is 15.3. The van der Waals surface area contributed by atoms with Crippen LogP contribution in [0.25, 0.3) is 0 Å². The molecule has 1 aromatic heterocycles. The van der Waals surface area contributed by atoms with E-state index in [-0.39, 0.29) is 0 Å². The third-order valence-electron chi connectivity index (χ3n) is 5.51. The zero-order valence-electron chi connectivity index (χ0n) is 15.3. The summed E-state index contributed by atoms with van der Waals surface area (Å²) >= 11 is 0. The van der Waals surface area contributed by atoms with Crippen molar-refractivity contribution in [3.05, 3.63) is 53.3 Å². The van der Waals surface area contributed by atoms with Crippen LogP contribution in [0.3, 0.4) is 0 Å². The number of nitrogens with zero attached hydrogens (tertiary/aromatic N) is 4. The first-order valence-corrected chi connectivity index (χ1v) is 9.32. The van der Waals surface area contributed by atoms with E-state index < -0.39 is 0 Å². The number of hydrogen-bond donors (Lipinski definition) is 0. The van der Waals surface area contributed by atoms with Crippen molar-refractivity contribution in [1.29, 1.82) is 0 Å². The molecule has 0 amide bonds. The van der Waals surface area contributed by atoms with Crippen LogP contribution in [-0.4, -0.2) is 65.0 Å². The predicted molar refractivity (Wildman–Crippen MR) is 98.6 cm³/mol. The fourth-order valence-electron chi connectivity index (χ4n) is 4.21. The summed E-state index contributed by atoms with van der Waals surface area (Å²) in [6.07, 6.45) is 0. The highest BCUT2D eigenvalue weighted by molar-refractivity contribution is 5.20. The van der Waals surface area contributed by atoms with Gasteiger partial charge < -0.3 is 4.74 Å². The number of hydrogen-bond acceptors (Lipinski definition) is 4. The summed E-state index contributed by atoms with van der Waals surface area (Å²) in [6.45, 7) is 11.2. The van der Waals surface area contributed by atoms with Gasteiger partial charge in [-0.1, -0.05) is 30.3 Å². The largest absolute Gasteiger partial charge is 0.378 e. The molecule has 4 rings (SSSR count). The Morgan fingerprint density at radius 3 is 2.68 bits per heavy atom. The van der Waals surface area contributed by atoms with E-state index in [4.69, 9.17) is 4.74 Å². The topological polar surface area (TPSA) is 33.5 Å². The maximum absolute atomic E-state index is 5.95. The van der Waals surface area contributed by atoms with E-state index in [9.17, 15) is 0 Å². The highest BCUT2D eigenvalue weighted by atomic mass is 16.5. The van der Waals surface area contributed by atoms with E-state index in [0.717, 1.165) is 51.6 Å². The molecule has 0 bridgehead atoms. The van der Waals surface area contributed by atoms with Crippen LogP contribution in [0, 0.1) is 13.8 Å². The summed E-state index contributed by atoms with van der Waals surface area (Å²) in [5.74, 6) is 0. The predicted octanol–water partition coefficient (Wildman–Crippen LogP) is 2.26. The number of ether oxygens (including phenoxy) is 1. The molecule has 0 unspecified atom stereocenters. The fourth-order valence-corrected chi connectivity index (χ4v) is 4.21. The van der Waals surface area contributed by atoms with E-state index in [1.54, 1.807) is 0 Å². The second kappa shape index (κ2) is 7.28. The van der Waals surface area contributed by atoms with Crippen molar-refractivity contribution in [2.24, 2.45) is 0 Å². The van der Waals surface area contributed by atoms with Crippen molar-refractivity contribution in [3.8, 4) is 0 Å². The van der Waals surface area contributed by atoms with E-state index in [0.29, 0.717) is 12.1 Å². The Balaban J connectivity index is 1.37. The smallest absolute Gasteiger partial charge is 0.0664 e. The molecule has 0 aliphatic carbocycles. The Labute approximate surface area is 150 Å². The lowest BCUT2D eigenvalue weighted by Gasteiger charge is -2.48. The van der Waals surface area contributed by atoms with Crippen molar-refractivity contribution in [1.82, 2.24) is 19.6 Å². The summed E-state index contributed by atoms with van der Waals surface area (Å²) in [4.78, 5) is 5.22. The van der Waals surface area contributed by atoms with Gasteiger partial charge in [0.25, 0.3) is 0 Å². The van der Waals surface area contributed by atoms with Crippen molar-refractivity contribution in [2.75, 3.05) is 39.4 Å². The average Bonchev–Trinajstić information content (AvgIpc) is 2.97. The Hall–Kier alpha value is -1.69. The lowest BCUT2D eigenvalue weighted by molar-refractivity contribution is -0.0826. The van der Waals surface area contributed by atoms with Gasteiger partial charge in [-0.2, -0.15) is 5.10 Å². The second-order valence-electron chi connectivity index (χ2n) is 7.31. The van der Waals surface area contributed by atoms with E-state index >= 15 is 0 Å². The lowest BCUT2D eigenvalue weighted by Crippen LogP contribution is -2.59. The van der Waals surface area contributed by atoms with Gasteiger partial charge in [0, 0.05) is 37.9 Å². The molecule has 5 heteroatoms. The summed E-state index contributed by atoms with van der Waals surface area (Å²) in [6, 6.07) is 13.8. The molecular weight excluding hydrogens is 312 g/mol. The van der Waals surface area contributed by atoms with Gasteiger partial charge in [-0.3, -0.25) is 14.5 Å². The van der Waals surface area contributed by atoms with Crippen molar-refractivity contribution in [2.45, 2.75) is 32.5 Å². The first-order chi connectivity index (χ1) is 12.2. The number of morpholine rings is 1. The van der Waals surface area contributed by atoms with Crippen LogP contribution in [0.2, 0.25) is 0 Å². The molecule has 0 N–H and O–H groups in total. The third-order valence-corrected chi connectivity index (χ3v) is 5.51. The van der Waals surface area contributed by atoms with Gasteiger partial charge in [-0.25, -0.2) is 0 Å². The molecule has 134 valence electrons. The van der Waals surface area contributed by atoms with E-state index in [2.05, 4.69) is 69.8 Å². The van der Waals surface area contributed by atoms with Crippen LogP contribution < -0.4 is 0 Å². The normalized spacial score (nSPS) is 25.0. The number of fused-ring (bicyclic) bond motifs is 1. The van der Waals surface area contributed by atoms with Crippen LogP contribution in [0.4, 0.5) is 0 Å². The van der Waals surface area contributed by atoms with E-state index in [1.165, 1.54) is 11.3 Å². The molecule has 2 aromatic rings. The Bertz CT molecular complexity index is 699. The third kappa shape index (κ3) is 3.64. The van der Waals surface area contributed by atoms with Gasteiger partial charge in [0.2, 0.25) is 0 Å². The fraction of sp³-hybridized carbons (Fsp3) is 0.550. The number of piperazine rings is 1. The second-order valence-corrected chi connectivity index (χ2v) is 7.31. The van der Waals surface area contributed by atoms with Crippen molar-refractivity contribution < 1.29 is 4.74 Å². The molecule has 3 heterocycles. The molecule has 2 aliphatic rings. The minimum Gasteiger partial charge on any atom is -0.378 e. The van der Waals surface area contributed by atoms with Crippen LogP contribution in [0.1, 0.15) is 23.0 Å². The maximum Gasteiger partial charge on any atom is 0.0664 e. The van der Waals surface area contributed by atoms with Crippen molar-refractivity contribution in [3.63, 3.8) is 0 Å².